The molecule has 1 saturated heterocycles. The lowest BCUT2D eigenvalue weighted by atomic mass is 10.1. The smallest absolute Gasteiger partial charge is 0.412 e. The Morgan fingerprint density at radius 1 is 1.00 bits per heavy atom. The zero-order chi connectivity index (χ0) is 24.1. The highest BCUT2D eigenvalue weighted by atomic mass is 16.7. The monoisotopic (exact) mass is 465 g/mol. The first-order chi connectivity index (χ1) is 15.7. The number of hydrogen-bond donors (Lipinski definition) is 1. The van der Waals surface area contributed by atoms with Gasteiger partial charge in [-0.25, -0.2) is 19.7 Å². The summed E-state index contributed by atoms with van der Waals surface area (Å²) in [6.07, 6.45) is -2.36. The molecule has 1 fully saturated rings. The summed E-state index contributed by atoms with van der Waals surface area (Å²) in [7, 11) is 0. The molecule has 1 amide bonds. The molecular weight excluding hydrogens is 442 g/mol. The lowest BCUT2D eigenvalue weighted by Gasteiger charge is -2.23. The predicted octanol–water partition coefficient (Wildman–Crippen LogP) is 0.719. The number of imidazole rings is 1. The molecule has 0 bridgehead atoms. The topological polar surface area (TPSA) is 170 Å². The number of fused-ring (bicyclic) bond motifs is 1. The number of nitrogens with zero attached hydrogens (tertiary/aromatic N) is 4. The van der Waals surface area contributed by atoms with Crippen LogP contribution in [0.2, 0.25) is 0 Å². The molecule has 0 unspecified atom stereocenters. The number of nitrogens with one attached hydrogen (secondary N) is 1. The van der Waals surface area contributed by atoms with Crippen LogP contribution >= 0.6 is 0 Å². The molecular formula is C19H23N5O9. The van der Waals surface area contributed by atoms with Crippen molar-refractivity contribution < 1.29 is 42.9 Å². The molecule has 33 heavy (non-hydrogen) atoms. The van der Waals surface area contributed by atoms with Crippen LogP contribution in [0.15, 0.2) is 12.7 Å². The normalized spacial score (nSPS) is 21.9. The lowest BCUT2D eigenvalue weighted by molar-refractivity contribution is -0.166. The van der Waals surface area contributed by atoms with Crippen LogP contribution in [-0.4, -0.2) is 75.0 Å². The van der Waals surface area contributed by atoms with Gasteiger partial charge in [-0.3, -0.25) is 24.3 Å². The second kappa shape index (κ2) is 10.2. The maximum atomic E-state index is 11.8. The zero-order valence-electron chi connectivity index (χ0n) is 18.3. The minimum absolute atomic E-state index is 0.0900. The van der Waals surface area contributed by atoms with Crippen molar-refractivity contribution in [3.05, 3.63) is 12.7 Å². The largest absolute Gasteiger partial charge is 0.463 e. The van der Waals surface area contributed by atoms with Crippen molar-refractivity contribution >= 4 is 41.0 Å². The maximum Gasteiger partial charge on any atom is 0.412 e. The average molecular weight is 465 g/mol. The molecule has 2 aromatic heterocycles. The summed E-state index contributed by atoms with van der Waals surface area (Å²) in [4.78, 5) is 59.0. The van der Waals surface area contributed by atoms with Crippen LogP contribution in [0.1, 0.15) is 33.9 Å². The van der Waals surface area contributed by atoms with Gasteiger partial charge in [0.2, 0.25) is 0 Å². The van der Waals surface area contributed by atoms with Crippen molar-refractivity contribution in [1.82, 2.24) is 19.5 Å². The first-order valence-corrected chi connectivity index (χ1v) is 9.95. The molecule has 14 nitrogen and oxygen atoms in total. The van der Waals surface area contributed by atoms with Gasteiger partial charge in [0, 0.05) is 20.8 Å². The zero-order valence-corrected chi connectivity index (χ0v) is 18.3. The number of hydrogen-bond acceptors (Lipinski definition) is 12. The molecule has 0 saturated carbocycles. The number of anilines is 1. The maximum absolute atomic E-state index is 11.8. The molecule has 0 aliphatic carbocycles. The van der Waals surface area contributed by atoms with Gasteiger partial charge in [0.25, 0.3) is 0 Å². The third-order valence-electron chi connectivity index (χ3n) is 4.47. The van der Waals surface area contributed by atoms with Gasteiger partial charge in [0.15, 0.2) is 35.4 Å². The van der Waals surface area contributed by atoms with Crippen LogP contribution in [0, 0.1) is 0 Å². The third-order valence-corrected chi connectivity index (χ3v) is 4.47. The summed E-state index contributed by atoms with van der Waals surface area (Å²) in [5, 5.41) is 2.47. The van der Waals surface area contributed by atoms with Gasteiger partial charge in [-0.2, -0.15) is 0 Å². The van der Waals surface area contributed by atoms with Crippen LogP contribution in [0.5, 0.6) is 0 Å². The van der Waals surface area contributed by atoms with Crippen molar-refractivity contribution in [2.45, 2.75) is 52.2 Å². The molecule has 3 heterocycles. The van der Waals surface area contributed by atoms with E-state index in [0.717, 1.165) is 0 Å². The summed E-state index contributed by atoms with van der Waals surface area (Å²) >= 11 is 0. The van der Waals surface area contributed by atoms with E-state index in [1.165, 1.54) is 38.0 Å². The Kier molecular flexibility index (Phi) is 7.37. The minimum atomic E-state index is -1.11. The van der Waals surface area contributed by atoms with Crippen LogP contribution in [0.3, 0.4) is 0 Å². The third kappa shape index (κ3) is 5.52. The Bertz CT molecular complexity index is 1060. The molecule has 0 aromatic carbocycles. The fourth-order valence-corrected chi connectivity index (χ4v) is 3.31. The van der Waals surface area contributed by atoms with Crippen LogP contribution in [0.4, 0.5) is 10.6 Å². The SMILES string of the molecule is CCOC(=O)Nc1ncnc2c1ncn2[C@@H]1O[C@H](COC(C)=O)[C@@H](OC(C)=O)[C@H]1OC(C)=O. The van der Waals surface area contributed by atoms with E-state index in [1.807, 2.05) is 0 Å². The first kappa shape index (κ1) is 23.8. The predicted molar refractivity (Wildman–Crippen MR) is 108 cm³/mol. The Hall–Kier alpha value is -3.81. The number of carbonyl (C=O) groups excluding carboxylic acids is 4. The number of aromatic nitrogens is 4. The van der Waals surface area contributed by atoms with Crippen LogP contribution in [-0.2, 0) is 38.1 Å². The fourth-order valence-electron chi connectivity index (χ4n) is 3.31. The average Bonchev–Trinajstić information content (AvgIpc) is 3.28. The molecule has 178 valence electrons. The summed E-state index contributed by atoms with van der Waals surface area (Å²) < 4.78 is 28.0. The number of ether oxygens (including phenoxy) is 5. The number of amides is 1. The van der Waals surface area contributed by atoms with Gasteiger partial charge in [-0.1, -0.05) is 0 Å². The highest BCUT2D eigenvalue weighted by molar-refractivity contribution is 5.93. The van der Waals surface area contributed by atoms with Crippen molar-refractivity contribution in [2.24, 2.45) is 0 Å². The van der Waals surface area contributed by atoms with E-state index in [-0.39, 0.29) is 30.2 Å². The summed E-state index contributed by atoms with van der Waals surface area (Å²) in [5.41, 5.74) is 0.442. The van der Waals surface area contributed by atoms with Gasteiger partial charge < -0.3 is 23.7 Å². The minimum Gasteiger partial charge on any atom is -0.463 e. The van der Waals surface area contributed by atoms with Crippen molar-refractivity contribution in [3.8, 4) is 0 Å². The first-order valence-electron chi connectivity index (χ1n) is 9.95. The van der Waals surface area contributed by atoms with Gasteiger partial charge >= 0.3 is 24.0 Å². The molecule has 2 aromatic rings. The van der Waals surface area contributed by atoms with E-state index in [4.69, 9.17) is 23.7 Å². The second-order valence-electron chi connectivity index (χ2n) is 6.91. The fraction of sp³-hybridized carbons (Fsp3) is 0.526. The molecule has 1 aliphatic rings. The van der Waals surface area contributed by atoms with E-state index in [2.05, 4.69) is 20.3 Å². The number of rotatable bonds is 7. The molecule has 4 atom stereocenters. The standard InChI is InChI=1S/C19H23N5O9/c1-5-29-19(28)23-16-13-17(21-7-20-16)24(8-22-13)18-15(32-11(4)27)14(31-10(3)26)12(33-18)6-30-9(2)25/h7-8,12,14-15,18H,5-6H2,1-4H3,(H,20,21,23,28)/t12-,14-,15-,18-/m1/s1. The summed E-state index contributed by atoms with van der Waals surface area (Å²) in [5.74, 6) is -1.77. The van der Waals surface area contributed by atoms with Crippen molar-refractivity contribution in [2.75, 3.05) is 18.5 Å². The molecule has 1 N–H and O–H groups in total. The van der Waals surface area contributed by atoms with Crippen molar-refractivity contribution in [3.63, 3.8) is 0 Å². The number of esters is 3. The Morgan fingerprint density at radius 2 is 1.70 bits per heavy atom. The van der Waals surface area contributed by atoms with E-state index in [9.17, 15) is 19.2 Å². The highest BCUT2D eigenvalue weighted by Crippen LogP contribution is 2.36. The molecule has 14 heteroatoms. The van der Waals surface area contributed by atoms with Crippen LogP contribution < -0.4 is 5.32 Å². The van der Waals surface area contributed by atoms with Crippen LogP contribution in [0.25, 0.3) is 11.2 Å². The van der Waals surface area contributed by atoms with Gasteiger partial charge in [-0.15, -0.1) is 0 Å². The number of carbonyl (C=O) groups is 4. The van der Waals surface area contributed by atoms with E-state index in [1.54, 1.807) is 6.92 Å². The molecule has 0 spiro atoms. The van der Waals surface area contributed by atoms with E-state index >= 15 is 0 Å². The van der Waals surface area contributed by atoms with Gasteiger partial charge in [-0.05, 0) is 6.92 Å². The lowest BCUT2D eigenvalue weighted by Crippen LogP contribution is -2.40. The Balaban J connectivity index is 1.99. The van der Waals surface area contributed by atoms with E-state index < -0.39 is 48.5 Å². The quantitative estimate of drug-likeness (QED) is 0.449. The molecule has 1 aliphatic heterocycles. The second-order valence-corrected chi connectivity index (χ2v) is 6.91. The molecule has 3 rings (SSSR count). The summed E-state index contributed by atoms with van der Waals surface area (Å²) in [6, 6.07) is 0. The Labute approximate surface area is 187 Å². The van der Waals surface area contributed by atoms with Crippen molar-refractivity contribution in [1.29, 1.82) is 0 Å². The van der Waals surface area contributed by atoms with E-state index in [0.29, 0.717) is 0 Å². The Morgan fingerprint density at radius 3 is 2.33 bits per heavy atom. The van der Waals surface area contributed by atoms with Gasteiger partial charge in [0.05, 0.1) is 12.9 Å². The molecule has 0 radical (unpaired) electrons. The summed E-state index contributed by atoms with van der Waals surface area (Å²) in [6.45, 7) is 5.16. The highest BCUT2D eigenvalue weighted by Gasteiger charge is 2.51. The van der Waals surface area contributed by atoms with Gasteiger partial charge in [0.1, 0.15) is 19.0 Å².